The molecule has 2 nitrogen and oxygen atoms in total. The Balaban J connectivity index is 2.35. The zero-order chi connectivity index (χ0) is 6.91. The van der Waals surface area contributed by atoms with E-state index in [-0.39, 0.29) is 12.8 Å². The maximum Gasteiger partial charge on any atom is 0.206 e. The van der Waals surface area contributed by atoms with Crippen LogP contribution in [0.1, 0.15) is 25.7 Å². The van der Waals surface area contributed by atoms with Crippen molar-refractivity contribution in [3.05, 3.63) is 0 Å². The highest BCUT2D eigenvalue weighted by atomic mass is 19.2. The predicted octanol–water partition coefficient (Wildman–Crippen LogP) is 0.579. The first kappa shape index (κ1) is 6.96. The van der Waals surface area contributed by atoms with E-state index >= 15 is 0 Å². The number of rotatable bonds is 0. The smallest absolute Gasteiger partial charge is 0.206 e. The molecule has 0 spiro atoms. The molecule has 54 valence electrons. The van der Waals surface area contributed by atoms with Crippen LogP contribution in [-0.2, 0) is 0 Å². The lowest BCUT2D eigenvalue weighted by Gasteiger charge is -2.26. The minimum Gasteiger partial charge on any atom is -0.393 e. The molecule has 0 aliphatic heterocycles. The van der Waals surface area contributed by atoms with E-state index in [4.69, 9.17) is 10.2 Å². The fourth-order valence-corrected chi connectivity index (χ4v) is 1.04. The van der Waals surface area contributed by atoms with Crippen LogP contribution in [0.15, 0.2) is 0 Å². The summed E-state index contributed by atoms with van der Waals surface area (Å²) in [6.07, 6.45) is 0.517. The van der Waals surface area contributed by atoms with E-state index in [9.17, 15) is 4.39 Å². The van der Waals surface area contributed by atoms with Gasteiger partial charge in [-0.25, -0.2) is 4.39 Å². The van der Waals surface area contributed by atoms with E-state index in [1.165, 1.54) is 0 Å². The molecule has 1 aliphatic rings. The lowest BCUT2D eigenvalue weighted by atomic mass is 9.93. The molecule has 0 atom stereocenters. The van der Waals surface area contributed by atoms with Gasteiger partial charge in [-0.05, 0) is 12.8 Å². The molecule has 0 unspecified atom stereocenters. The van der Waals surface area contributed by atoms with E-state index < -0.39 is 12.0 Å². The number of alkyl halides is 1. The Labute approximate surface area is 53.3 Å². The number of hydrogen-bond donors (Lipinski definition) is 2. The largest absolute Gasteiger partial charge is 0.393 e. The maximum absolute atomic E-state index is 12.5. The monoisotopic (exact) mass is 134 g/mol. The summed E-state index contributed by atoms with van der Waals surface area (Å²) in [6.45, 7) is 0. The molecule has 2 N–H and O–H groups in total. The van der Waals surface area contributed by atoms with Gasteiger partial charge in [-0.3, -0.25) is 0 Å². The molecular weight excluding hydrogens is 123 g/mol. The Morgan fingerprint density at radius 1 is 1.33 bits per heavy atom. The van der Waals surface area contributed by atoms with Gasteiger partial charge in [0.1, 0.15) is 0 Å². The van der Waals surface area contributed by atoms with Crippen molar-refractivity contribution in [2.45, 2.75) is 37.6 Å². The summed E-state index contributed by atoms with van der Waals surface area (Å²) in [4.78, 5) is 0. The van der Waals surface area contributed by atoms with Crippen molar-refractivity contribution in [2.75, 3.05) is 0 Å². The van der Waals surface area contributed by atoms with Gasteiger partial charge >= 0.3 is 0 Å². The third kappa shape index (κ3) is 1.91. The Bertz CT molecular complexity index is 93.2. The number of aliphatic hydroxyl groups is 2. The lowest BCUT2D eigenvalue weighted by molar-refractivity contribution is -0.130. The van der Waals surface area contributed by atoms with E-state index in [2.05, 4.69) is 0 Å². The molecule has 0 amide bonds. The number of hydrogen-bond acceptors (Lipinski definition) is 2. The molecule has 0 aromatic carbocycles. The number of halogens is 1. The fraction of sp³-hybridized carbons (Fsp3) is 1.00. The summed E-state index contributed by atoms with van der Waals surface area (Å²) in [7, 11) is 0. The highest BCUT2D eigenvalue weighted by molar-refractivity contribution is 4.75. The summed E-state index contributed by atoms with van der Waals surface area (Å²) in [5, 5.41) is 17.6. The van der Waals surface area contributed by atoms with Crippen LogP contribution in [0.2, 0.25) is 0 Å². The molecule has 0 radical (unpaired) electrons. The van der Waals surface area contributed by atoms with Gasteiger partial charge in [-0.1, -0.05) is 0 Å². The second kappa shape index (κ2) is 2.23. The van der Waals surface area contributed by atoms with Crippen LogP contribution in [-0.4, -0.2) is 22.2 Å². The summed E-state index contributed by atoms with van der Waals surface area (Å²) in [5.41, 5.74) is 0. The molecule has 1 fully saturated rings. The van der Waals surface area contributed by atoms with Gasteiger partial charge < -0.3 is 10.2 Å². The molecular formula is C6H11FO2. The average Bonchev–Trinajstić information content (AvgIpc) is 1.78. The zero-order valence-corrected chi connectivity index (χ0v) is 5.18. The second-order valence-corrected chi connectivity index (χ2v) is 2.65. The average molecular weight is 134 g/mol. The van der Waals surface area contributed by atoms with Crippen LogP contribution in [0, 0.1) is 0 Å². The van der Waals surface area contributed by atoms with Crippen LogP contribution in [0.5, 0.6) is 0 Å². The summed E-state index contributed by atoms with van der Waals surface area (Å²) in [5.74, 6) is -2.00. The van der Waals surface area contributed by atoms with Gasteiger partial charge in [-0.15, -0.1) is 0 Å². The van der Waals surface area contributed by atoms with Crippen LogP contribution in [0.4, 0.5) is 4.39 Å². The van der Waals surface area contributed by atoms with E-state index in [1.807, 2.05) is 0 Å². The van der Waals surface area contributed by atoms with Crippen LogP contribution in [0.25, 0.3) is 0 Å². The summed E-state index contributed by atoms with van der Waals surface area (Å²) in [6, 6.07) is 0. The lowest BCUT2D eigenvalue weighted by Crippen LogP contribution is -2.30. The topological polar surface area (TPSA) is 40.5 Å². The molecule has 3 heteroatoms. The minimum absolute atomic E-state index is 0.0775. The predicted molar refractivity (Wildman–Crippen MR) is 30.5 cm³/mol. The first-order chi connectivity index (χ1) is 4.10. The van der Waals surface area contributed by atoms with Gasteiger partial charge in [0, 0.05) is 12.8 Å². The number of aliphatic hydroxyl groups excluding tert-OH is 1. The van der Waals surface area contributed by atoms with Crippen molar-refractivity contribution >= 4 is 0 Å². The second-order valence-electron chi connectivity index (χ2n) is 2.65. The molecule has 0 bridgehead atoms. The van der Waals surface area contributed by atoms with Crippen molar-refractivity contribution in [3.63, 3.8) is 0 Å². The SMILES string of the molecule is OC1CCC(O)(F)CC1. The first-order valence-corrected chi connectivity index (χ1v) is 3.19. The zero-order valence-electron chi connectivity index (χ0n) is 5.18. The normalized spacial score (nSPS) is 45.0. The van der Waals surface area contributed by atoms with Crippen molar-refractivity contribution in [3.8, 4) is 0 Å². The Hall–Kier alpha value is -0.150. The van der Waals surface area contributed by atoms with Crippen LogP contribution >= 0.6 is 0 Å². The van der Waals surface area contributed by atoms with Crippen molar-refractivity contribution in [1.29, 1.82) is 0 Å². The van der Waals surface area contributed by atoms with Gasteiger partial charge in [0.25, 0.3) is 0 Å². The quantitative estimate of drug-likeness (QED) is 0.508. The highest BCUT2D eigenvalue weighted by Crippen LogP contribution is 2.28. The molecule has 1 rings (SSSR count). The molecule has 0 aromatic rings. The molecule has 1 aliphatic carbocycles. The Kier molecular flexibility index (Phi) is 1.73. The van der Waals surface area contributed by atoms with E-state index in [0.29, 0.717) is 12.8 Å². The summed E-state index contributed by atoms with van der Waals surface area (Å²) < 4.78 is 12.5. The van der Waals surface area contributed by atoms with E-state index in [0.717, 1.165) is 0 Å². The third-order valence-corrected chi connectivity index (χ3v) is 1.72. The van der Waals surface area contributed by atoms with Crippen molar-refractivity contribution in [2.24, 2.45) is 0 Å². The standard InChI is InChI=1S/C6H11FO2/c7-6(9)3-1-5(8)2-4-6/h5,8-9H,1-4H2. The van der Waals surface area contributed by atoms with E-state index in [1.54, 1.807) is 0 Å². The van der Waals surface area contributed by atoms with Crippen molar-refractivity contribution < 1.29 is 14.6 Å². The first-order valence-electron chi connectivity index (χ1n) is 3.19. The molecule has 0 aromatic heterocycles. The Morgan fingerprint density at radius 2 is 1.78 bits per heavy atom. The highest BCUT2D eigenvalue weighted by Gasteiger charge is 2.31. The van der Waals surface area contributed by atoms with Crippen LogP contribution < -0.4 is 0 Å². The third-order valence-electron chi connectivity index (χ3n) is 1.72. The van der Waals surface area contributed by atoms with Crippen molar-refractivity contribution in [1.82, 2.24) is 0 Å². The molecule has 1 saturated carbocycles. The molecule has 9 heavy (non-hydrogen) atoms. The van der Waals surface area contributed by atoms with Gasteiger partial charge in [0.15, 0.2) is 0 Å². The fourth-order valence-electron chi connectivity index (χ4n) is 1.04. The summed E-state index contributed by atoms with van der Waals surface area (Å²) >= 11 is 0. The van der Waals surface area contributed by atoms with Crippen LogP contribution in [0.3, 0.4) is 0 Å². The molecule has 0 saturated heterocycles. The van der Waals surface area contributed by atoms with Gasteiger partial charge in [0.05, 0.1) is 6.10 Å². The maximum atomic E-state index is 12.5. The van der Waals surface area contributed by atoms with Gasteiger partial charge in [0.2, 0.25) is 5.85 Å². The van der Waals surface area contributed by atoms with Gasteiger partial charge in [-0.2, -0.15) is 0 Å². The minimum atomic E-state index is -2.00. The Morgan fingerprint density at radius 3 is 2.11 bits per heavy atom. The molecule has 0 heterocycles.